The molecule has 1 atom stereocenters. The van der Waals surface area contributed by atoms with Gasteiger partial charge in [-0.05, 0) is 6.07 Å². The summed E-state index contributed by atoms with van der Waals surface area (Å²) in [5.41, 5.74) is 0.403. The van der Waals surface area contributed by atoms with Gasteiger partial charge in [-0.1, -0.05) is 0 Å². The van der Waals surface area contributed by atoms with Crippen LogP contribution in [0.2, 0.25) is 0 Å². The van der Waals surface area contributed by atoms with Crippen LogP contribution in [-0.4, -0.2) is 16.0 Å². The van der Waals surface area contributed by atoms with Crippen LogP contribution >= 0.6 is 11.6 Å². The van der Waals surface area contributed by atoms with E-state index in [1.165, 1.54) is 12.3 Å². The van der Waals surface area contributed by atoms with Crippen LogP contribution in [-0.2, 0) is 0 Å². The number of alkyl halides is 1. The first-order valence-electron chi connectivity index (χ1n) is 3.08. The highest BCUT2D eigenvalue weighted by atomic mass is 35.5. The van der Waals surface area contributed by atoms with Crippen molar-refractivity contribution in [1.82, 2.24) is 4.98 Å². The molecule has 0 radical (unpaired) electrons. The molecule has 1 aromatic rings. The van der Waals surface area contributed by atoms with E-state index in [4.69, 9.17) is 16.7 Å². The number of aliphatic hydroxyl groups is 1. The molecule has 0 fully saturated rings. The summed E-state index contributed by atoms with van der Waals surface area (Å²) in [7, 11) is 0. The van der Waals surface area contributed by atoms with Gasteiger partial charge in [0.15, 0.2) is 0 Å². The summed E-state index contributed by atoms with van der Waals surface area (Å²) >= 11 is 5.34. The van der Waals surface area contributed by atoms with Gasteiger partial charge >= 0.3 is 0 Å². The van der Waals surface area contributed by atoms with Gasteiger partial charge in [0, 0.05) is 11.8 Å². The Morgan fingerprint density at radius 2 is 2.36 bits per heavy atom. The molecular weight excluding hydrogens is 169 g/mol. The van der Waals surface area contributed by atoms with E-state index in [1.54, 1.807) is 0 Å². The fourth-order valence-electron chi connectivity index (χ4n) is 0.700. The summed E-state index contributed by atoms with van der Waals surface area (Å²) in [5, 5.41) is 9.12. The van der Waals surface area contributed by atoms with Gasteiger partial charge in [-0.15, -0.1) is 11.6 Å². The number of hydrogen-bond acceptors (Lipinski definition) is 2. The first-order valence-corrected chi connectivity index (χ1v) is 3.62. The Bertz CT molecular complexity index is 244. The summed E-state index contributed by atoms with van der Waals surface area (Å²) in [6, 6.07) is 1.21. The number of aliphatic hydroxyl groups excluding tert-OH is 1. The van der Waals surface area contributed by atoms with Crippen LogP contribution in [0.3, 0.4) is 0 Å². The zero-order valence-corrected chi connectivity index (χ0v) is 6.42. The van der Waals surface area contributed by atoms with Crippen molar-refractivity contribution in [3.05, 3.63) is 29.8 Å². The van der Waals surface area contributed by atoms with E-state index in [0.717, 1.165) is 6.20 Å². The maximum atomic E-state index is 12.4. The van der Waals surface area contributed by atoms with Gasteiger partial charge in [0.1, 0.15) is 5.82 Å². The molecule has 11 heavy (non-hydrogen) atoms. The molecule has 2 nitrogen and oxygen atoms in total. The zero-order valence-electron chi connectivity index (χ0n) is 5.67. The first-order chi connectivity index (χ1) is 5.24. The van der Waals surface area contributed by atoms with Gasteiger partial charge < -0.3 is 5.11 Å². The summed E-state index contributed by atoms with van der Waals surface area (Å²) in [5.74, 6) is -0.419. The lowest BCUT2D eigenvalue weighted by Gasteiger charge is -2.04. The molecule has 0 spiro atoms. The molecular formula is C7H7ClFNO. The van der Waals surface area contributed by atoms with E-state index in [0.29, 0.717) is 5.56 Å². The standard InChI is InChI=1S/C7H7ClFNO/c8-2-7(11)5-1-6(9)4-10-3-5/h1,3-4,7,11H,2H2/t7-/m0/s1. The number of aromatic nitrogens is 1. The van der Waals surface area contributed by atoms with Crippen molar-refractivity contribution in [3.8, 4) is 0 Å². The van der Waals surface area contributed by atoms with E-state index in [2.05, 4.69) is 4.98 Å². The van der Waals surface area contributed by atoms with Crippen LogP contribution in [0.5, 0.6) is 0 Å². The van der Waals surface area contributed by atoms with Crippen molar-refractivity contribution < 1.29 is 9.50 Å². The van der Waals surface area contributed by atoms with Crippen molar-refractivity contribution >= 4 is 11.6 Å². The van der Waals surface area contributed by atoms with Crippen molar-refractivity contribution in [2.45, 2.75) is 6.10 Å². The number of nitrogens with zero attached hydrogens (tertiary/aromatic N) is 1. The van der Waals surface area contributed by atoms with Gasteiger partial charge in [-0.25, -0.2) is 4.39 Å². The molecule has 4 heteroatoms. The third-order valence-corrected chi connectivity index (χ3v) is 1.55. The number of hydrogen-bond donors (Lipinski definition) is 1. The summed E-state index contributed by atoms with van der Waals surface area (Å²) in [6.45, 7) is 0. The summed E-state index contributed by atoms with van der Waals surface area (Å²) < 4.78 is 12.4. The predicted octanol–water partition coefficient (Wildman–Crippen LogP) is 1.49. The van der Waals surface area contributed by atoms with Crippen LogP contribution < -0.4 is 0 Å². The lowest BCUT2D eigenvalue weighted by Crippen LogP contribution is -1.99. The van der Waals surface area contributed by atoms with Crippen molar-refractivity contribution in [3.63, 3.8) is 0 Å². The van der Waals surface area contributed by atoms with Crippen molar-refractivity contribution in [2.75, 3.05) is 5.88 Å². The highest BCUT2D eigenvalue weighted by Crippen LogP contribution is 2.13. The van der Waals surface area contributed by atoms with E-state index in [9.17, 15) is 4.39 Å². The molecule has 0 aliphatic heterocycles. The fourth-order valence-corrected chi connectivity index (χ4v) is 0.878. The van der Waals surface area contributed by atoms with Gasteiger partial charge in [0.05, 0.1) is 18.2 Å². The summed E-state index contributed by atoms with van der Waals surface area (Å²) in [6.07, 6.45) is 1.63. The van der Waals surface area contributed by atoms with E-state index < -0.39 is 11.9 Å². The Morgan fingerprint density at radius 1 is 1.64 bits per heavy atom. The minimum atomic E-state index is -0.833. The van der Waals surface area contributed by atoms with Gasteiger partial charge in [-0.3, -0.25) is 4.98 Å². The Hall–Kier alpha value is -0.670. The molecule has 0 amide bonds. The van der Waals surface area contributed by atoms with Crippen LogP contribution in [0.1, 0.15) is 11.7 Å². The molecule has 0 unspecified atom stereocenters. The minimum Gasteiger partial charge on any atom is -0.387 e. The van der Waals surface area contributed by atoms with Gasteiger partial charge in [-0.2, -0.15) is 0 Å². The Labute approximate surface area is 68.6 Å². The SMILES string of the molecule is O[C@@H](CCl)c1cncc(F)c1. The number of rotatable bonds is 2. The average molecular weight is 176 g/mol. The predicted molar refractivity (Wildman–Crippen MR) is 39.9 cm³/mol. The van der Waals surface area contributed by atoms with Crippen molar-refractivity contribution in [1.29, 1.82) is 0 Å². The molecule has 0 bridgehead atoms. The lowest BCUT2D eigenvalue weighted by molar-refractivity contribution is 0.201. The lowest BCUT2D eigenvalue weighted by atomic mass is 10.2. The summed E-state index contributed by atoms with van der Waals surface area (Å²) in [4.78, 5) is 3.56. The average Bonchev–Trinajstić information content (AvgIpc) is 2.03. The molecule has 0 aliphatic carbocycles. The van der Waals surface area contributed by atoms with E-state index >= 15 is 0 Å². The number of halogens is 2. The molecule has 0 saturated heterocycles. The topological polar surface area (TPSA) is 33.1 Å². The van der Waals surface area contributed by atoms with E-state index in [-0.39, 0.29) is 5.88 Å². The van der Waals surface area contributed by atoms with Crippen molar-refractivity contribution in [2.24, 2.45) is 0 Å². The molecule has 0 aromatic carbocycles. The monoisotopic (exact) mass is 175 g/mol. The second-order valence-electron chi connectivity index (χ2n) is 2.11. The van der Waals surface area contributed by atoms with Crippen LogP contribution in [0.25, 0.3) is 0 Å². The second kappa shape index (κ2) is 3.64. The minimum absolute atomic E-state index is 0.0468. The third-order valence-electron chi connectivity index (χ3n) is 1.26. The molecule has 60 valence electrons. The fraction of sp³-hybridized carbons (Fsp3) is 0.286. The normalized spacial score (nSPS) is 13.0. The number of pyridine rings is 1. The Kier molecular flexibility index (Phi) is 2.79. The molecule has 1 aromatic heterocycles. The first kappa shape index (κ1) is 8.43. The second-order valence-corrected chi connectivity index (χ2v) is 2.42. The molecule has 1 heterocycles. The third kappa shape index (κ3) is 2.13. The van der Waals surface area contributed by atoms with Gasteiger partial charge in [0.25, 0.3) is 0 Å². The van der Waals surface area contributed by atoms with E-state index in [1.807, 2.05) is 0 Å². The smallest absolute Gasteiger partial charge is 0.141 e. The highest BCUT2D eigenvalue weighted by molar-refractivity contribution is 6.18. The quantitative estimate of drug-likeness (QED) is 0.691. The van der Waals surface area contributed by atoms with Crippen LogP contribution in [0, 0.1) is 5.82 Å². The van der Waals surface area contributed by atoms with Crippen LogP contribution in [0.4, 0.5) is 4.39 Å². The molecule has 0 aliphatic rings. The van der Waals surface area contributed by atoms with Gasteiger partial charge in [0.2, 0.25) is 0 Å². The maximum Gasteiger partial charge on any atom is 0.141 e. The Morgan fingerprint density at radius 3 is 2.91 bits per heavy atom. The highest BCUT2D eigenvalue weighted by Gasteiger charge is 2.05. The molecule has 1 N–H and O–H groups in total. The molecule has 1 rings (SSSR count). The largest absolute Gasteiger partial charge is 0.387 e. The van der Waals surface area contributed by atoms with Crippen LogP contribution in [0.15, 0.2) is 18.5 Å². The Balaban J connectivity index is 2.86. The molecule has 0 saturated carbocycles. The maximum absolute atomic E-state index is 12.4. The zero-order chi connectivity index (χ0) is 8.27.